The molecule has 1 aromatic rings. The Morgan fingerprint density at radius 2 is 1.90 bits per heavy atom. The fourth-order valence-corrected chi connectivity index (χ4v) is 2.41. The van der Waals surface area contributed by atoms with Gasteiger partial charge in [0.15, 0.2) is 17.3 Å². The third kappa shape index (κ3) is 2.71. The first-order valence-electron chi connectivity index (χ1n) is 6.30. The molecule has 20 heavy (non-hydrogen) atoms. The summed E-state index contributed by atoms with van der Waals surface area (Å²) in [6, 6.07) is 3.93. The summed E-state index contributed by atoms with van der Waals surface area (Å²) in [6.45, 7) is 0. The summed E-state index contributed by atoms with van der Waals surface area (Å²) in [5.41, 5.74) is 0.176. The van der Waals surface area contributed by atoms with E-state index in [0.717, 1.165) is 6.07 Å². The molecule has 0 bridgehead atoms. The summed E-state index contributed by atoms with van der Waals surface area (Å²) in [5.74, 6) is -3.32. The van der Waals surface area contributed by atoms with Crippen molar-refractivity contribution in [3.8, 4) is 5.75 Å². The summed E-state index contributed by atoms with van der Waals surface area (Å²) in [5, 5.41) is 9.16. The zero-order valence-electron chi connectivity index (χ0n) is 11.0. The molecule has 0 spiro atoms. The van der Waals surface area contributed by atoms with Gasteiger partial charge >= 0.3 is 5.97 Å². The number of halogens is 1. The predicted molar refractivity (Wildman–Crippen MR) is 70.3 cm³/mol. The number of carbonyl (C=O) groups excluding carboxylic acids is 1. The van der Waals surface area contributed by atoms with E-state index in [4.69, 9.17) is 9.84 Å². The smallest absolute Gasteiger partial charge is 0.307 e. The monoisotopic (exact) mass is 278 g/mol. The Hall–Kier alpha value is -2.17. The van der Waals surface area contributed by atoms with E-state index < -0.39 is 23.6 Å². The Morgan fingerprint density at radius 1 is 1.25 bits per heavy atom. The van der Waals surface area contributed by atoms with Crippen LogP contribution in [0.5, 0.6) is 5.75 Å². The van der Waals surface area contributed by atoms with Crippen LogP contribution in [0, 0.1) is 17.7 Å². The first-order chi connectivity index (χ1) is 9.54. The van der Waals surface area contributed by atoms with Crippen LogP contribution in [0.3, 0.4) is 0 Å². The number of methoxy groups -OCH3 is 1. The maximum absolute atomic E-state index is 13.6. The van der Waals surface area contributed by atoms with Crippen molar-refractivity contribution in [2.75, 3.05) is 7.11 Å². The van der Waals surface area contributed by atoms with Gasteiger partial charge in [0.25, 0.3) is 0 Å². The van der Waals surface area contributed by atoms with E-state index in [1.807, 2.05) is 0 Å². The van der Waals surface area contributed by atoms with Crippen molar-refractivity contribution in [3.05, 3.63) is 41.7 Å². The number of aliphatic carboxylic acids is 1. The van der Waals surface area contributed by atoms with Gasteiger partial charge in [-0.05, 0) is 31.0 Å². The third-order valence-corrected chi connectivity index (χ3v) is 3.52. The number of hydrogen-bond acceptors (Lipinski definition) is 3. The van der Waals surface area contributed by atoms with Crippen molar-refractivity contribution in [3.63, 3.8) is 0 Å². The van der Waals surface area contributed by atoms with E-state index in [0.29, 0.717) is 12.8 Å². The largest absolute Gasteiger partial charge is 0.494 e. The lowest BCUT2D eigenvalue weighted by molar-refractivity contribution is -0.143. The molecule has 1 aliphatic rings. The number of carbonyl (C=O) groups is 2. The number of ketones is 1. The minimum atomic E-state index is -0.998. The Morgan fingerprint density at radius 3 is 2.45 bits per heavy atom. The Labute approximate surface area is 115 Å². The molecule has 106 valence electrons. The standard InChI is InChI=1S/C15H15FO4/c1-20-13-7-6-9(8-12(13)16)14(17)10-4-2-3-5-11(10)15(18)19/h2-3,6-8,10-11H,4-5H2,1H3,(H,18,19). The number of Topliss-reactive ketones (excluding diaryl/α,β-unsaturated/α-hetero) is 1. The van der Waals surface area contributed by atoms with Gasteiger partial charge in [-0.25, -0.2) is 4.39 Å². The van der Waals surface area contributed by atoms with Crippen molar-refractivity contribution in [2.24, 2.45) is 11.8 Å². The molecular weight excluding hydrogens is 263 g/mol. The molecule has 2 unspecified atom stereocenters. The lowest BCUT2D eigenvalue weighted by Crippen LogP contribution is -2.31. The first-order valence-corrected chi connectivity index (χ1v) is 6.30. The maximum atomic E-state index is 13.6. The summed E-state index contributed by atoms with van der Waals surface area (Å²) >= 11 is 0. The molecule has 1 aromatic carbocycles. The van der Waals surface area contributed by atoms with Crippen LogP contribution in [-0.2, 0) is 4.79 Å². The molecule has 4 nitrogen and oxygen atoms in total. The van der Waals surface area contributed by atoms with Gasteiger partial charge < -0.3 is 9.84 Å². The van der Waals surface area contributed by atoms with Crippen molar-refractivity contribution in [1.82, 2.24) is 0 Å². The van der Waals surface area contributed by atoms with Crippen molar-refractivity contribution >= 4 is 11.8 Å². The Kier molecular flexibility index (Phi) is 4.17. The molecule has 1 N–H and O–H groups in total. The molecule has 0 saturated carbocycles. The highest BCUT2D eigenvalue weighted by molar-refractivity contribution is 6.00. The quantitative estimate of drug-likeness (QED) is 0.679. The van der Waals surface area contributed by atoms with Gasteiger partial charge in [0.1, 0.15) is 0 Å². The molecule has 0 aliphatic heterocycles. The van der Waals surface area contributed by atoms with Gasteiger partial charge in [0.2, 0.25) is 0 Å². The number of ether oxygens (including phenoxy) is 1. The molecule has 2 atom stereocenters. The van der Waals surface area contributed by atoms with Gasteiger partial charge in [-0.2, -0.15) is 0 Å². The zero-order chi connectivity index (χ0) is 14.7. The molecule has 5 heteroatoms. The van der Waals surface area contributed by atoms with Crippen LogP contribution >= 0.6 is 0 Å². The predicted octanol–water partition coefficient (Wildman–Crippen LogP) is 2.68. The van der Waals surface area contributed by atoms with Crippen molar-refractivity contribution < 1.29 is 23.8 Å². The summed E-state index contributed by atoms with van der Waals surface area (Å²) in [4.78, 5) is 23.5. The number of rotatable bonds is 4. The lowest BCUT2D eigenvalue weighted by atomic mass is 9.78. The second kappa shape index (κ2) is 5.86. The number of benzene rings is 1. The molecular formula is C15H15FO4. The highest BCUT2D eigenvalue weighted by Gasteiger charge is 2.34. The molecule has 1 aliphatic carbocycles. The van der Waals surface area contributed by atoms with E-state index >= 15 is 0 Å². The molecule has 0 aromatic heterocycles. The average molecular weight is 278 g/mol. The molecule has 2 rings (SSSR count). The fraction of sp³-hybridized carbons (Fsp3) is 0.333. The van der Waals surface area contributed by atoms with Crippen LogP contribution < -0.4 is 4.74 Å². The van der Waals surface area contributed by atoms with Crippen LogP contribution in [0.15, 0.2) is 30.4 Å². The third-order valence-electron chi connectivity index (χ3n) is 3.52. The Bertz CT molecular complexity index is 565. The summed E-state index contributed by atoms with van der Waals surface area (Å²) in [6.07, 6.45) is 4.24. The maximum Gasteiger partial charge on any atom is 0.307 e. The number of carboxylic acids is 1. The van der Waals surface area contributed by atoms with Crippen LogP contribution in [0.2, 0.25) is 0 Å². The molecule has 0 fully saturated rings. The van der Waals surface area contributed by atoms with Gasteiger partial charge in [-0.15, -0.1) is 0 Å². The normalized spacial score (nSPS) is 21.5. The topological polar surface area (TPSA) is 63.6 Å². The van der Waals surface area contributed by atoms with E-state index in [9.17, 15) is 14.0 Å². The summed E-state index contributed by atoms with van der Waals surface area (Å²) < 4.78 is 18.4. The first kappa shape index (κ1) is 14.2. The zero-order valence-corrected chi connectivity index (χ0v) is 11.0. The van der Waals surface area contributed by atoms with Crippen LogP contribution in [-0.4, -0.2) is 24.0 Å². The number of hydrogen-bond donors (Lipinski definition) is 1. The number of carboxylic acid groups (broad SMARTS) is 1. The SMILES string of the molecule is COc1ccc(C(=O)C2CC=CCC2C(=O)O)cc1F. The second-order valence-corrected chi connectivity index (χ2v) is 4.71. The number of allylic oxidation sites excluding steroid dienone is 2. The van der Waals surface area contributed by atoms with Crippen molar-refractivity contribution in [1.29, 1.82) is 0 Å². The minimum absolute atomic E-state index is 0.0554. The van der Waals surface area contributed by atoms with Gasteiger partial charge in [0, 0.05) is 11.5 Å². The van der Waals surface area contributed by atoms with Crippen LogP contribution in [0.1, 0.15) is 23.2 Å². The molecule has 0 amide bonds. The van der Waals surface area contributed by atoms with Gasteiger partial charge in [-0.3, -0.25) is 9.59 Å². The second-order valence-electron chi connectivity index (χ2n) is 4.71. The summed E-state index contributed by atoms with van der Waals surface area (Å²) in [7, 11) is 1.34. The highest BCUT2D eigenvalue weighted by Crippen LogP contribution is 2.30. The highest BCUT2D eigenvalue weighted by atomic mass is 19.1. The van der Waals surface area contributed by atoms with Crippen LogP contribution in [0.4, 0.5) is 4.39 Å². The molecule has 0 radical (unpaired) electrons. The van der Waals surface area contributed by atoms with Gasteiger partial charge in [-0.1, -0.05) is 12.2 Å². The average Bonchev–Trinajstić information content (AvgIpc) is 2.46. The van der Waals surface area contributed by atoms with E-state index in [2.05, 4.69) is 0 Å². The van der Waals surface area contributed by atoms with E-state index in [1.165, 1.54) is 19.2 Å². The minimum Gasteiger partial charge on any atom is -0.494 e. The molecule has 0 saturated heterocycles. The van der Waals surface area contributed by atoms with E-state index in [1.54, 1.807) is 12.2 Å². The van der Waals surface area contributed by atoms with Crippen LogP contribution in [0.25, 0.3) is 0 Å². The van der Waals surface area contributed by atoms with Crippen molar-refractivity contribution in [2.45, 2.75) is 12.8 Å². The Balaban J connectivity index is 2.28. The molecule has 0 heterocycles. The lowest BCUT2D eigenvalue weighted by Gasteiger charge is -2.24. The van der Waals surface area contributed by atoms with E-state index in [-0.39, 0.29) is 17.1 Å². The fourth-order valence-electron chi connectivity index (χ4n) is 2.41. The van der Waals surface area contributed by atoms with Gasteiger partial charge in [0.05, 0.1) is 13.0 Å².